The van der Waals surface area contributed by atoms with E-state index < -0.39 is 58.6 Å². The Bertz CT molecular complexity index is 2080. The zero-order valence-electron chi connectivity index (χ0n) is 41.4. The number of nitrogens with zero attached hydrogens (tertiary/aromatic N) is 6. The first kappa shape index (κ1) is 67.8. The third-order valence-corrected chi connectivity index (χ3v) is 14.1. The van der Waals surface area contributed by atoms with E-state index in [2.05, 4.69) is 25.5 Å². The van der Waals surface area contributed by atoms with E-state index >= 15 is 0 Å². The quantitative estimate of drug-likeness (QED) is 0.0289. The Kier molecular flexibility index (Phi) is 38.1. The van der Waals surface area contributed by atoms with Crippen molar-refractivity contribution in [3.63, 3.8) is 0 Å². The molecule has 28 heteroatoms. The van der Waals surface area contributed by atoms with Gasteiger partial charge in [0.2, 0.25) is 0 Å². The normalized spacial score (nSPS) is 12.2. The summed E-state index contributed by atoms with van der Waals surface area (Å²) in [6.07, 6.45) is 1.07. The lowest BCUT2D eigenvalue weighted by atomic mass is 10.3. The molecule has 2 aromatic rings. The molecule has 0 aliphatic carbocycles. The Labute approximate surface area is 421 Å². The summed E-state index contributed by atoms with van der Waals surface area (Å²) in [6, 6.07) is 0. The van der Waals surface area contributed by atoms with Crippen LogP contribution in [0.2, 0.25) is 0 Å². The minimum absolute atomic E-state index is 0.0532. The Balaban J connectivity index is 0. The van der Waals surface area contributed by atoms with Crippen LogP contribution in [0.3, 0.4) is 0 Å². The van der Waals surface area contributed by atoms with Gasteiger partial charge >= 0.3 is 58.0 Å². The molecular weight excluding hydrogens is 1000 g/mol. The zero-order chi connectivity index (χ0) is 53.9. The van der Waals surface area contributed by atoms with E-state index in [1.807, 2.05) is 0 Å². The van der Waals surface area contributed by atoms with E-state index in [4.69, 9.17) is 0 Å². The third-order valence-electron chi connectivity index (χ3n) is 9.29. The fourth-order valence-electron chi connectivity index (χ4n) is 4.85. The minimum atomic E-state index is -0.871. The number of carbonyl (C=O) groups excluding carboxylic acids is 4. The minimum Gasteiger partial charge on any atom is -0.469 e. The van der Waals surface area contributed by atoms with Crippen LogP contribution in [0.5, 0.6) is 0 Å². The van der Waals surface area contributed by atoms with Crippen LogP contribution in [0.4, 0.5) is 0 Å². The molecular formula is C42H72N6O18S4. The molecule has 4 atom stereocenters. The molecule has 4 N–H and O–H groups in total. The highest BCUT2D eigenvalue weighted by Gasteiger charge is 2.19. The third kappa shape index (κ3) is 26.8. The average molecular weight is 1080 g/mol. The first-order chi connectivity index (χ1) is 33.1. The molecule has 70 heavy (non-hydrogen) atoms. The van der Waals surface area contributed by atoms with Crippen LogP contribution >= 0.6 is 43.2 Å². The molecule has 4 unspecified atom stereocenters. The lowest BCUT2D eigenvalue weighted by molar-refractivity contribution is -0.141. The highest BCUT2D eigenvalue weighted by molar-refractivity contribution is 8.77. The molecule has 0 aliphatic heterocycles. The molecule has 0 aromatic carbocycles. The Morgan fingerprint density at radius 3 is 0.871 bits per heavy atom. The van der Waals surface area contributed by atoms with Gasteiger partial charge < -0.3 is 39.4 Å². The summed E-state index contributed by atoms with van der Waals surface area (Å²) in [7, 11) is 13.0. The van der Waals surface area contributed by atoms with Gasteiger partial charge in [0.1, 0.15) is 0 Å². The molecule has 0 bridgehead atoms. The standard InChI is InChI=1S/C14H23N3O5.C12H21N3O5.2C8H14O4S2/c1-4-7-15-12(20)16(8-10(18)5-2)14(22)17(13(15)21)9-11(19)6-3;1-4-8(16)6-14-10(18)13(3)11(19)15(12(14)20)7-9(17)5-2;2*1-11-7(9)3-5-13-14-6-4-8(10)12-2/h4,10-11,18-19H,1,5-9H2,2-3H3;8-9,16-17H,4-7H2,1-3H3;2*3-6H2,1-2H3. The molecule has 0 amide bonds. The largest absolute Gasteiger partial charge is 0.469 e. The number of aromatic nitrogens is 6. The Morgan fingerprint density at radius 2 is 0.671 bits per heavy atom. The van der Waals surface area contributed by atoms with Crippen molar-refractivity contribution >= 4 is 67.1 Å². The lowest BCUT2D eigenvalue weighted by Gasteiger charge is -2.16. The molecule has 2 aromatic heterocycles. The summed E-state index contributed by atoms with van der Waals surface area (Å²) in [4.78, 5) is 116. The maximum atomic E-state index is 12.3. The van der Waals surface area contributed by atoms with Crippen LogP contribution < -0.4 is 34.1 Å². The van der Waals surface area contributed by atoms with Gasteiger partial charge in [-0.3, -0.25) is 19.2 Å². The highest BCUT2D eigenvalue weighted by atomic mass is 33.1. The Morgan fingerprint density at radius 1 is 0.457 bits per heavy atom. The van der Waals surface area contributed by atoms with Crippen molar-refractivity contribution in [2.45, 2.75) is 136 Å². The number of rotatable bonds is 28. The van der Waals surface area contributed by atoms with Gasteiger partial charge in [0.05, 0.1) is 111 Å². The number of esters is 4. The monoisotopic (exact) mass is 1080 g/mol. The Hall–Kier alpha value is -4.32. The van der Waals surface area contributed by atoms with Crippen molar-refractivity contribution in [3.8, 4) is 0 Å². The van der Waals surface area contributed by atoms with Crippen LogP contribution in [-0.2, 0) is 77.9 Å². The molecule has 24 nitrogen and oxygen atoms in total. The summed E-state index contributed by atoms with van der Waals surface area (Å²) < 4.78 is 22.8. The second-order valence-electron chi connectivity index (χ2n) is 14.4. The van der Waals surface area contributed by atoms with E-state index in [0.717, 1.165) is 27.4 Å². The van der Waals surface area contributed by atoms with Crippen molar-refractivity contribution in [3.05, 3.63) is 75.6 Å². The van der Waals surface area contributed by atoms with Gasteiger partial charge in [-0.25, -0.2) is 56.2 Å². The lowest BCUT2D eigenvalue weighted by Crippen LogP contribution is -2.56. The van der Waals surface area contributed by atoms with Crippen molar-refractivity contribution in [1.82, 2.24) is 27.4 Å². The number of methoxy groups -OCH3 is 4. The number of allylic oxidation sites excluding steroid dienone is 1. The highest BCUT2D eigenvalue weighted by Crippen LogP contribution is 2.23. The zero-order valence-corrected chi connectivity index (χ0v) is 44.7. The summed E-state index contributed by atoms with van der Waals surface area (Å²) >= 11 is 0. The maximum absolute atomic E-state index is 12.3. The molecule has 0 aliphatic rings. The molecule has 0 fully saturated rings. The van der Waals surface area contributed by atoms with Crippen LogP contribution in [0.15, 0.2) is 41.4 Å². The van der Waals surface area contributed by atoms with Crippen molar-refractivity contribution < 1.29 is 58.6 Å². The second-order valence-corrected chi connectivity index (χ2v) is 19.8. The van der Waals surface area contributed by atoms with Gasteiger partial charge in [-0.1, -0.05) is 76.9 Å². The topological polar surface area (TPSA) is 318 Å². The number of ether oxygens (including phenoxy) is 4. The van der Waals surface area contributed by atoms with Crippen LogP contribution in [0, 0.1) is 0 Å². The van der Waals surface area contributed by atoms with Crippen molar-refractivity contribution in [2.75, 3.05) is 51.5 Å². The number of aliphatic hydroxyl groups excluding tert-OH is 4. The van der Waals surface area contributed by atoms with E-state index in [9.17, 15) is 68.4 Å². The van der Waals surface area contributed by atoms with E-state index in [-0.39, 0.29) is 56.6 Å². The van der Waals surface area contributed by atoms with Crippen LogP contribution in [0.1, 0.15) is 79.1 Å². The van der Waals surface area contributed by atoms with Gasteiger partial charge in [0.15, 0.2) is 0 Å². The predicted molar refractivity (Wildman–Crippen MR) is 271 cm³/mol. The summed E-state index contributed by atoms with van der Waals surface area (Å²) in [6.45, 7) is 9.55. The van der Waals surface area contributed by atoms with Gasteiger partial charge in [0.25, 0.3) is 0 Å². The van der Waals surface area contributed by atoms with E-state index in [1.54, 1.807) is 70.9 Å². The molecule has 0 saturated carbocycles. The maximum Gasteiger partial charge on any atom is 0.336 e. The molecule has 2 rings (SSSR count). The first-order valence-corrected chi connectivity index (χ1v) is 27.0. The van der Waals surface area contributed by atoms with E-state index in [0.29, 0.717) is 74.4 Å². The second kappa shape index (κ2) is 39.3. The summed E-state index contributed by atoms with van der Waals surface area (Å²) in [5, 5.41) is 38.6. The average Bonchev–Trinajstić information content (AvgIpc) is 3.36. The summed E-state index contributed by atoms with van der Waals surface area (Å²) in [5.41, 5.74) is -4.74. The predicted octanol–water partition coefficient (Wildman–Crippen LogP) is 0.138. The van der Waals surface area contributed by atoms with Gasteiger partial charge in [0, 0.05) is 30.1 Å². The van der Waals surface area contributed by atoms with Crippen molar-refractivity contribution in [1.29, 1.82) is 0 Å². The van der Waals surface area contributed by atoms with E-state index in [1.165, 1.54) is 41.6 Å². The number of hydrogen-bond acceptors (Lipinski definition) is 22. The summed E-state index contributed by atoms with van der Waals surface area (Å²) in [5.74, 6) is 2.02. The van der Waals surface area contributed by atoms with Gasteiger partial charge in [-0.05, 0) is 25.7 Å². The fraction of sp³-hybridized carbons (Fsp3) is 0.714. The molecule has 0 spiro atoms. The molecule has 2 heterocycles. The van der Waals surface area contributed by atoms with Crippen molar-refractivity contribution in [2.24, 2.45) is 7.05 Å². The SMILES string of the molecule is C=CCn1c(=O)n(CC(O)CC)c(=O)n(CC(O)CC)c1=O.CCC(O)Cn1c(=O)n(C)c(=O)n(CC(O)CC)c1=O.COC(=O)CCSSCCC(=O)OC.COC(=O)CCSSCCC(=O)OC. The number of carbonyl (C=O) groups is 4. The number of aliphatic hydroxyl groups is 4. The van der Waals surface area contributed by atoms with Gasteiger partial charge in [-0.15, -0.1) is 6.58 Å². The number of hydrogen-bond donors (Lipinski definition) is 4. The molecule has 0 radical (unpaired) electrons. The smallest absolute Gasteiger partial charge is 0.336 e. The molecule has 402 valence electrons. The molecule has 0 saturated heterocycles. The van der Waals surface area contributed by atoms with Gasteiger partial charge in [-0.2, -0.15) is 0 Å². The fourth-order valence-corrected chi connectivity index (χ4v) is 8.73. The van der Waals surface area contributed by atoms with Crippen LogP contribution in [0.25, 0.3) is 0 Å². The van der Waals surface area contributed by atoms with Crippen LogP contribution in [-0.4, -0.2) is 148 Å². The first-order valence-electron chi connectivity index (χ1n) is 22.0.